The van der Waals surface area contributed by atoms with Crippen LogP contribution in [0.3, 0.4) is 0 Å². The van der Waals surface area contributed by atoms with Gasteiger partial charge in [0.15, 0.2) is 0 Å². The van der Waals surface area contributed by atoms with Gasteiger partial charge >= 0.3 is 0 Å². The molecule has 106 valence electrons. The van der Waals surface area contributed by atoms with Crippen LogP contribution in [0, 0.1) is 5.92 Å². The van der Waals surface area contributed by atoms with Crippen LogP contribution >= 0.6 is 22.9 Å². The molecule has 1 fully saturated rings. The smallest absolute Gasteiger partial charge is 0.229 e. The number of amides is 1. The van der Waals surface area contributed by atoms with Gasteiger partial charge in [-0.3, -0.25) is 4.79 Å². The number of rotatable bonds is 4. The molecule has 0 saturated carbocycles. The molecular weight excluding hydrogens is 284 g/mol. The molecule has 0 radical (unpaired) electrons. The molecule has 1 amide bonds. The molecule has 1 aromatic heterocycles. The van der Waals surface area contributed by atoms with Crippen LogP contribution in [-0.4, -0.2) is 40.1 Å². The summed E-state index contributed by atoms with van der Waals surface area (Å²) in [7, 11) is 0. The van der Waals surface area contributed by atoms with Crippen molar-refractivity contribution in [3.8, 4) is 0 Å². The van der Waals surface area contributed by atoms with E-state index in [9.17, 15) is 9.90 Å². The Labute approximate surface area is 122 Å². The number of carbonyl (C=O) groups excluding carboxylic acids is 1. The zero-order valence-corrected chi connectivity index (χ0v) is 12.6. The van der Waals surface area contributed by atoms with E-state index in [-0.39, 0.29) is 12.0 Å². The molecule has 0 spiro atoms. The number of likely N-dealkylation sites (tertiary alicyclic amines) is 1. The third kappa shape index (κ3) is 3.91. The molecule has 1 aliphatic rings. The lowest BCUT2D eigenvalue weighted by Crippen LogP contribution is -2.41. The van der Waals surface area contributed by atoms with Crippen LogP contribution in [0.4, 0.5) is 0 Å². The van der Waals surface area contributed by atoms with Gasteiger partial charge in [-0.15, -0.1) is 22.9 Å². The van der Waals surface area contributed by atoms with Crippen LogP contribution in [0.2, 0.25) is 0 Å². The van der Waals surface area contributed by atoms with E-state index >= 15 is 0 Å². The Hall–Kier alpha value is -0.650. The number of hydrogen-bond acceptors (Lipinski definition) is 4. The molecule has 0 aromatic carbocycles. The lowest BCUT2D eigenvalue weighted by Gasteiger charge is -2.33. The van der Waals surface area contributed by atoms with Crippen molar-refractivity contribution in [2.24, 2.45) is 5.92 Å². The van der Waals surface area contributed by atoms with Crippen molar-refractivity contribution in [3.05, 3.63) is 16.1 Å². The van der Waals surface area contributed by atoms with Gasteiger partial charge in [-0.2, -0.15) is 0 Å². The van der Waals surface area contributed by atoms with Gasteiger partial charge in [0.05, 0.1) is 24.1 Å². The summed E-state index contributed by atoms with van der Waals surface area (Å²) in [6, 6.07) is 0. The fourth-order valence-corrected chi connectivity index (χ4v) is 3.38. The second-order valence-electron chi connectivity index (χ2n) is 5.00. The number of aromatic nitrogens is 1. The molecule has 6 heteroatoms. The van der Waals surface area contributed by atoms with E-state index in [0.29, 0.717) is 18.2 Å². The Balaban J connectivity index is 1.84. The predicted octanol–water partition coefficient (Wildman–Crippen LogP) is 2.04. The minimum atomic E-state index is -0.275. The maximum Gasteiger partial charge on any atom is 0.229 e. The first-order valence-corrected chi connectivity index (χ1v) is 7.96. The van der Waals surface area contributed by atoms with Crippen molar-refractivity contribution in [2.45, 2.75) is 38.2 Å². The molecule has 1 saturated heterocycles. The Morgan fingerprint density at radius 2 is 2.32 bits per heavy atom. The number of alkyl halides is 1. The van der Waals surface area contributed by atoms with E-state index in [2.05, 4.69) is 4.98 Å². The highest BCUT2D eigenvalue weighted by Crippen LogP contribution is 2.21. The van der Waals surface area contributed by atoms with Crippen LogP contribution in [-0.2, 0) is 17.1 Å². The first-order valence-electron chi connectivity index (χ1n) is 6.55. The first kappa shape index (κ1) is 14.8. The quantitative estimate of drug-likeness (QED) is 0.866. The second kappa shape index (κ2) is 6.68. The van der Waals surface area contributed by atoms with Crippen LogP contribution in [0.5, 0.6) is 0 Å². The summed E-state index contributed by atoms with van der Waals surface area (Å²) in [6.45, 7) is 3.30. The maximum absolute atomic E-state index is 12.1. The molecule has 0 bridgehead atoms. The third-order valence-corrected chi connectivity index (χ3v) is 4.78. The monoisotopic (exact) mass is 302 g/mol. The Morgan fingerprint density at radius 3 is 2.84 bits per heavy atom. The number of thiazole rings is 1. The van der Waals surface area contributed by atoms with Crippen LogP contribution in [0.15, 0.2) is 5.38 Å². The van der Waals surface area contributed by atoms with E-state index in [0.717, 1.165) is 36.6 Å². The summed E-state index contributed by atoms with van der Waals surface area (Å²) in [5, 5.41) is 12.3. The fraction of sp³-hybridized carbons (Fsp3) is 0.692. The topological polar surface area (TPSA) is 53.4 Å². The van der Waals surface area contributed by atoms with E-state index in [1.807, 2.05) is 17.2 Å². The highest BCUT2D eigenvalue weighted by atomic mass is 35.5. The zero-order chi connectivity index (χ0) is 13.8. The summed E-state index contributed by atoms with van der Waals surface area (Å²) >= 11 is 7.19. The third-order valence-electron chi connectivity index (χ3n) is 3.61. The average Bonchev–Trinajstić information content (AvgIpc) is 2.86. The lowest BCUT2D eigenvalue weighted by molar-refractivity contribution is -0.132. The van der Waals surface area contributed by atoms with Gasteiger partial charge in [-0.25, -0.2) is 4.98 Å². The van der Waals surface area contributed by atoms with Gasteiger partial charge in [-0.1, -0.05) is 0 Å². The number of halogens is 1. The number of nitrogens with zero attached hydrogens (tertiary/aromatic N) is 2. The van der Waals surface area contributed by atoms with Crippen molar-refractivity contribution < 1.29 is 9.90 Å². The van der Waals surface area contributed by atoms with Gasteiger partial charge in [0.25, 0.3) is 0 Å². The molecule has 1 aromatic rings. The molecule has 1 aliphatic heterocycles. The van der Waals surface area contributed by atoms with Crippen LogP contribution < -0.4 is 0 Å². The van der Waals surface area contributed by atoms with Crippen molar-refractivity contribution in [1.29, 1.82) is 0 Å². The Morgan fingerprint density at radius 1 is 1.63 bits per heavy atom. The van der Waals surface area contributed by atoms with Crippen molar-refractivity contribution >= 4 is 28.8 Å². The van der Waals surface area contributed by atoms with Gasteiger partial charge in [-0.05, 0) is 25.7 Å². The van der Waals surface area contributed by atoms with E-state index < -0.39 is 0 Å². The Kier molecular flexibility index (Phi) is 5.19. The van der Waals surface area contributed by atoms with E-state index in [1.165, 1.54) is 11.3 Å². The fourth-order valence-electron chi connectivity index (χ4n) is 2.36. The summed E-state index contributed by atoms with van der Waals surface area (Å²) in [5.41, 5.74) is 0.835. The first-order chi connectivity index (χ1) is 9.10. The highest BCUT2D eigenvalue weighted by molar-refractivity contribution is 7.09. The van der Waals surface area contributed by atoms with Crippen molar-refractivity contribution in [2.75, 3.05) is 13.1 Å². The second-order valence-corrected chi connectivity index (χ2v) is 6.21. The molecule has 2 heterocycles. The van der Waals surface area contributed by atoms with Gasteiger partial charge in [0.2, 0.25) is 5.91 Å². The number of piperidine rings is 1. The van der Waals surface area contributed by atoms with Crippen LogP contribution in [0.25, 0.3) is 0 Å². The molecule has 1 N–H and O–H groups in total. The van der Waals surface area contributed by atoms with Gasteiger partial charge in [0, 0.05) is 18.5 Å². The average molecular weight is 303 g/mol. The number of carbonyl (C=O) groups is 1. The predicted molar refractivity (Wildman–Crippen MR) is 76.4 cm³/mol. The molecular formula is C13H19ClN2O2S. The SMILES string of the molecule is CC(O)C1CCN(C(=O)Cc2nc(CCl)cs2)CC1. The van der Waals surface area contributed by atoms with E-state index in [1.54, 1.807) is 0 Å². The van der Waals surface area contributed by atoms with Crippen molar-refractivity contribution in [1.82, 2.24) is 9.88 Å². The highest BCUT2D eigenvalue weighted by Gasteiger charge is 2.25. The molecule has 1 atom stereocenters. The molecule has 4 nitrogen and oxygen atoms in total. The standard InChI is InChI=1S/C13H19ClN2O2S/c1-9(17)10-2-4-16(5-3-10)13(18)6-12-15-11(7-14)8-19-12/h8-10,17H,2-7H2,1H3. The Bertz CT molecular complexity index is 428. The molecule has 19 heavy (non-hydrogen) atoms. The van der Waals surface area contributed by atoms with Crippen LogP contribution in [0.1, 0.15) is 30.5 Å². The molecule has 0 aliphatic carbocycles. The summed E-state index contributed by atoms with van der Waals surface area (Å²) < 4.78 is 0. The summed E-state index contributed by atoms with van der Waals surface area (Å²) in [4.78, 5) is 18.3. The number of aliphatic hydroxyl groups is 1. The minimum Gasteiger partial charge on any atom is -0.393 e. The van der Waals surface area contributed by atoms with Crippen molar-refractivity contribution in [3.63, 3.8) is 0 Å². The molecule has 2 rings (SSSR count). The number of hydrogen-bond donors (Lipinski definition) is 1. The molecule has 1 unspecified atom stereocenters. The zero-order valence-electron chi connectivity index (χ0n) is 11.0. The summed E-state index contributed by atoms with van der Waals surface area (Å²) in [5.74, 6) is 0.844. The van der Waals surface area contributed by atoms with E-state index in [4.69, 9.17) is 11.6 Å². The normalized spacial score (nSPS) is 18.6. The van der Waals surface area contributed by atoms with Gasteiger partial charge < -0.3 is 10.0 Å². The largest absolute Gasteiger partial charge is 0.393 e. The lowest BCUT2D eigenvalue weighted by atomic mass is 9.92. The maximum atomic E-state index is 12.1. The van der Waals surface area contributed by atoms with Gasteiger partial charge in [0.1, 0.15) is 5.01 Å². The number of aliphatic hydroxyl groups excluding tert-OH is 1. The minimum absolute atomic E-state index is 0.125. The summed E-state index contributed by atoms with van der Waals surface area (Å²) in [6.07, 6.45) is 1.85.